The van der Waals surface area contributed by atoms with E-state index in [4.69, 9.17) is 16.3 Å². The predicted octanol–water partition coefficient (Wildman–Crippen LogP) is 4.72. The SMILES string of the molecule is O=C(NCCCCCl)Nc1ccc(Oc2ncnc3ncc(Br)cc23)cc1. The Hall–Kier alpha value is -2.45. The van der Waals surface area contributed by atoms with Gasteiger partial charge >= 0.3 is 6.03 Å². The van der Waals surface area contributed by atoms with Crippen LogP contribution in [0.1, 0.15) is 12.8 Å². The molecule has 0 radical (unpaired) electrons. The third-order valence-electron chi connectivity index (χ3n) is 3.59. The van der Waals surface area contributed by atoms with Crippen molar-refractivity contribution in [1.82, 2.24) is 20.3 Å². The molecular formula is C18H17BrClN5O2. The molecule has 0 spiro atoms. The lowest BCUT2D eigenvalue weighted by Gasteiger charge is -2.09. The highest BCUT2D eigenvalue weighted by atomic mass is 79.9. The maximum atomic E-state index is 11.8. The number of carbonyl (C=O) groups excluding carboxylic acids is 1. The van der Waals surface area contributed by atoms with E-state index >= 15 is 0 Å². The smallest absolute Gasteiger partial charge is 0.319 e. The Morgan fingerprint density at radius 1 is 1.15 bits per heavy atom. The van der Waals surface area contributed by atoms with Crippen LogP contribution in [0.3, 0.4) is 0 Å². The van der Waals surface area contributed by atoms with Gasteiger partial charge in [-0.2, -0.15) is 0 Å². The average Bonchev–Trinajstić information content (AvgIpc) is 2.67. The number of carbonyl (C=O) groups is 1. The number of benzene rings is 1. The molecule has 7 nitrogen and oxygen atoms in total. The summed E-state index contributed by atoms with van der Waals surface area (Å²) in [4.78, 5) is 24.3. The minimum Gasteiger partial charge on any atom is -0.438 e. The van der Waals surface area contributed by atoms with E-state index in [1.54, 1.807) is 30.5 Å². The van der Waals surface area contributed by atoms with E-state index in [9.17, 15) is 4.79 Å². The second-order valence-corrected chi connectivity index (χ2v) is 6.90. The van der Waals surface area contributed by atoms with Crippen LogP contribution in [0.4, 0.5) is 10.5 Å². The lowest BCUT2D eigenvalue weighted by molar-refractivity contribution is 0.252. The minimum atomic E-state index is -0.254. The summed E-state index contributed by atoms with van der Waals surface area (Å²) in [6, 6.07) is 8.61. The van der Waals surface area contributed by atoms with Gasteiger partial charge in [-0.1, -0.05) is 0 Å². The third kappa shape index (κ3) is 5.51. The normalized spacial score (nSPS) is 10.6. The van der Waals surface area contributed by atoms with E-state index in [0.717, 1.165) is 17.3 Å². The molecule has 2 aromatic heterocycles. The molecule has 0 atom stereocenters. The molecule has 2 N–H and O–H groups in total. The molecule has 2 heterocycles. The Balaban J connectivity index is 1.63. The number of nitrogens with zero attached hydrogens (tertiary/aromatic N) is 3. The number of hydrogen-bond acceptors (Lipinski definition) is 5. The van der Waals surface area contributed by atoms with Gasteiger partial charge in [-0.25, -0.2) is 19.7 Å². The Bertz CT molecular complexity index is 923. The lowest BCUT2D eigenvalue weighted by atomic mass is 10.3. The summed E-state index contributed by atoms with van der Waals surface area (Å²) in [5.74, 6) is 1.59. The minimum absolute atomic E-state index is 0.254. The summed E-state index contributed by atoms with van der Waals surface area (Å²) in [5, 5.41) is 6.24. The van der Waals surface area contributed by atoms with Crippen molar-refractivity contribution in [3.63, 3.8) is 0 Å². The fraction of sp³-hybridized carbons (Fsp3) is 0.222. The summed E-state index contributed by atoms with van der Waals surface area (Å²) in [7, 11) is 0. The second kappa shape index (κ2) is 9.48. The highest BCUT2D eigenvalue weighted by Gasteiger charge is 2.08. The number of nitrogens with one attached hydrogen (secondary N) is 2. The van der Waals surface area contributed by atoms with Crippen molar-refractivity contribution in [2.75, 3.05) is 17.7 Å². The van der Waals surface area contributed by atoms with Crippen LogP contribution in [-0.2, 0) is 0 Å². The Labute approximate surface area is 169 Å². The molecule has 2 amide bonds. The highest BCUT2D eigenvalue weighted by molar-refractivity contribution is 9.10. The largest absolute Gasteiger partial charge is 0.438 e. The standard InChI is InChI=1S/C18H17BrClN5O2/c19-12-9-15-16(22-10-12)23-11-24-17(15)27-14-5-3-13(4-6-14)25-18(26)21-8-2-1-7-20/h3-6,9-11H,1-2,7-8H2,(H2,21,25,26). The van der Waals surface area contributed by atoms with E-state index < -0.39 is 0 Å². The second-order valence-electron chi connectivity index (χ2n) is 5.61. The summed E-state index contributed by atoms with van der Waals surface area (Å²) in [6.45, 7) is 0.587. The van der Waals surface area contributed by atoms with E-state index in [-0.39, 0.29) is 6.03 Å². The number of alkyl halides is 1. The molecule has 140 valence electrons. The van der Waals surface area contributed by atoms with Crippen LogP contribution in [0.5, 0.6) is 11.6 Å². The Morgan fingerprint density at radius 3 is 2.74 bits per heavy atom. The van der Waals surface area contributed by atoms with Gasteiger partial charge in [0.25, 0.3) is 0 Å². The predicted molar refractivity (Wildman–Crippen MR) is 109 cm³/mol. The number of pyridine rings is 1. The van der Waals surface area contributed by atoms with Gasteiger partial charge in [0.2, 0.25) is 5.88 Å². The van der Waals surface area contributed by atoms with Crippen molar-refractivity contribution >= 4 is 50.3 Å². The number of fused-ring (bicyclic) bond motifs is 1. The number of urea groups is 1. The van der Waals surface area contributed by atoms with E-state index in [2.05, 4.69) is 41.5 Å². The lowest BCUT2D eigenvalue weighted by Crippen LogP contribution is -2.29. The monoisotopic (exact) mass is 449 g/mol. The van der Waals surface area contributed by atoms with Crippen molar-refractivity contribution < 1.29 is 9.53 Å². The molecule has 0 aliphatic heterocycles. The van der Waals surface area contributed by atoms with Crippen LogP contribution in [0.2, 0.25) is 0 Å². The first-order chi connectivity index (χ1) is 13.2. The number of ether oxygens (including phenoxy) is 1. The van der Waals surface area contributed by atoms with Gasteiger partial charge in [-0.3, -0.25) is 0 Å². The quantitative estimate of drug-likeness (QED) is 0.401. The fourth-order valence-corrected chi connectivity index (χ4v) is 2.81. The van der Waals surface area contributed by atoms with Crippen LogP contribution in [0.15, 0.2) is 47.3 Å². The first kappa shape index (κ1) is 19.3. The van der Waals surface area contributed by atoms with Crippen LogP contribution in [0, 0.1) is 0 Å². The van der Waals surface area contributed by atoms with Crippen molar-refractivity contribution in [3.8, 4) is 11.6 Å². The Kier molecular flexibility index (Phi) is 6.78. The molecule has 0 aliphatic rings. The number of hydrogen-bond donors (Lipinski definition) is 2. The molecule has 3 rings (SSSR count). The van der Waals surface area contributed by atoms with Gasteiger partial charge < -0.3 is 15.4 Å². The maximum absolute atomic E-state index is 11.8. The van der Waals surface area contributed by atoms with Gasteiger partial charge in [0, 0.05) is 28.8 Å². The van der Waals surface area contributed by atoms with E-state index in [0.29, 0.717) is 40.8 Å². The van der Waals surface area contributed by atoms with Gasteiger partial charge in [0.1, 0.15) is 12.1 Å². The van der Waals surface area contributed by atoms with Crippen molar-refractivity contribution in [1.29, 1.82) is 0 Å². The van der Waals surface area contributed by atoms with E-state index in [1.807, 2.05) is 6.07 Å². The number of aromatic nitrogens is 3. The van der Waals surface area contributed by atoms with E-state index in [1.165, 1.54) is 6.33 Å². The molecule has 9 heteroatoms. The number of rotatable bonds is 7. The fourth-order valence-electron chi connectivity index (χ4n) is 2.29. The molecule has 0 fully saturated rings. The van der Waals surface area contributed by atoms with Crippen molar-refractivity contribution in [2.24, 2.45) is 0 Å². The molecular weight excluding hydrogens is 434 g/mol. The Morgan fingerprint density at radius 2 is 1.96 bits per heavy atom. The maximum Gasteiger partial charge on any atom is 0.319 e. The van der Waals surface area contributed by atoms with Crippen LogP contribution < -0.4 is 15.4 Å². The summed E-state index contributed by atoms with van der Waals surface area (Å²) < 4.78 is 6.66. The molecule has 0 bridgehead atoms. The molecule has 3 aromatic rings. The zero-order chi connectivity index (χ0) is 19.1. The summed E-state index contributed by atoms with van der Waals surface area (Å²) >= 11 is 8.99. The topological polar surface area (TPSA) is 89.0 Å². The molecule has 0 saturated carbocycles. The molecule has 27 heavy (non-hydrogen) atoms. The van der Waals surface area contributed by atoms with Gasteiger partial charge in [0.15, 0.2) is 5.65 Å². The first-order valence-electron chi connectivity index (χ1n) is 8.30. The van der Waals surface area contributed by atoms with Crippen LogP contribution in [-0.4, -0.2) is 33.4 Å². The number of halogens is 2. The van der Waals surface area contributed by atoms with Crippen molar-refractivity contribution in [2.45, 2.75) is 12.8 Å². The van der Waals surface area contributed by atoms with Gasteiger partial charge in [0.05, 0.1) is 5.39 Å². The summed E-state index contributed by atoms with van der Waals surface area (Å²) in [6.07, 6.45) is 4.79. The molecule has 0 aliphatic carbocycles. The summed E-state index contributed by atoms with van der Waals surface area (Å²) in [5.41, 5.74) is 1.21. The zero-order valence-corrected chi connectivity index (χ0v) is 16.6. The number of amides is 2. The molecule has 1 aromatic carbocycles. The van der Waals surface area contributed by atoms with Crippen molar-refractivity contribution in [3.05, 3.63) is 47.3 Å². The van der Waals surface area contributed by atoms with Gasteiger partial charge in [-0.15, -0.1) is 11.6 Å². The zero-order valence-electron chi connectivity index (χ0n) is 14.3. The average molecular weight is 451 g/mol. The van der Waals surface area contributed by atoms with Crippen LogP contribution in [0.25, 0.3) is 11.0 Å². The molecule has 0 saturated heterocycles. The highest BCUT2D eigenvalue weighted by Crippen LogP contribution is 2.28. The van der Waals surface area contributed by atoms with Gasteiger partial charge in [-0.05, 0) is 59.1 Å². The number of unbranched alkanes of at least 4 members (excludes halogenated alkanes) is 1. The van der Waals surface area contributed by atoms with Crippen LogP contribution >= 0.6 is 27.5 Å². The first-order valence-corrected chi connectivity index (χ1v) is 9.63. The molecule has 0 unspecified atom stereocenters. The third-order valence-corrected chi connectivity index (χ3v) is 4.29. The number of anilines is 1.